The molecule has 0 saturated carbocycles. The Hall–Kier alpha value is -0.740. The standard InChI is InChI=1S/C13H16BrNO2/c1-15-6-2-3-10(15)13-8-16-11-5-4-9(14)7-12(11)17-13/h4-5,7,10,13H,2-3,6,8H2,1H3/t10-,13-/m0/s1. The van der Waals surface area contributed by atoms with Gasteiger partial charge in [0.2, 0.25) is 0 Å². The second-order valence-electron chi connectivity index (χ2n) is 4.75. The van der Waals surface area contributed by atoms with Crippen molar-refractivity contribution in [2.75, 3.05) is 20.2 Å². The van der Waals surface area contributed by atoms with Gasteiger partial charge in [-0.05, 0) is 44.6 Å². The zero-order valence-corrected chi connectivity index (χ0v) is 11.4. The van der Waals surface area contributed by atoms with E-state index in [-0.39, 0.29) is 6.10 Å². The van der Waals surface area contributed by atoms with Crippen LogP contribution in [0.1, 0.15) is 12.8 Å². The first-order chi connectivity index (χ1) is 8.24. The quantitative estimate of drug-likeness (QED) is 0.795. The van der Waals surface area contributed by atoms with E-state index in [2.05, 4.69) is 27.9 Å². The second-order valence-corrected chi connectivity index (χ2v) is 5.66. The zero-order chi connectivity index (χ0) is 11.8. The Balaban J connectivity index is 1.80. The molecule has 0 N–H and O–H groups in total. The highest BCUT2D eigenvalue weighted by Gasteiger charge is 2.34. The fraction of sp³-hybridized carbons (Fsp3) is 0.538. The molecule has 4 heteroatoms. The van der Waals surface area contributed by atoms with Crippen LogP contribution in [0.5, 0.6) is 11.5 Å². The number of likely N-dealkylation sites (N-methyl/N-ethyl adjacent to an activating group) is 1. The van der Waals surface area contributed by atoms with Crippen molar-refractivity contribution in [3.63, 3.8) is 0 Å². The SMILES string of the molecule is CN1CCC[C@H]1[C@@H]1COc2ccc(Br)cc2O1. The highest BCUT2D eigenvalue weighted by molar-refractivity contribution is 9.10. The summed E-state index contributed by atoms with van der Waals surface area (Å²) in [6.07, 6.45) is 2.62. The molecule has 2 aliphatic heterocycles. The van der Waals surface area contributed by atoms with Crippen molar-refractivity contribution in [2.24, 2.45) is 0 Å². The Kier molecular flexibility index (Phi) is 3.01. The van der Waals surface area contributed by atoms with Crippen LogP contribution in [0.3, 0.4) is 0 Å². The van der Waals surface area contributed by atoms with Crippen LogP contribution in [0.25, 0.3) is 0 Å². The minimum Gasteiger partial charge on any atom is -0.486 e. The fourth-order valence-electron chi connectivity index (χ4n) is 2.66. The van der Waals surface area contributed by atoms with Crippen molar-refractivity contribution in [1.82, 2.24) is 4.90 Å². The molecule has 1 aromatic rings. The van der Waals surface area contributed by atoms with Gasteiger partial charge in [0.05, 0.1) is 0 Å². The van der Waals surface area contributed by atoms with E-state index in [9.17, 15) is 0 Å². The van der Waals surface area contributed by atoms with Gasteiger partial charge in [0.1, 0.15) is 12.7 Å². The maximum Gasteiger partial charge on any atom is 0.163 e. The van der Waals surface area contributed by atoms with E-state index in [1.165, 1.54) is 12.8 Å². The van der Waals surface area contributed by atoms with E-state index in [4.69, 9.17) is 9.47 Å². The first-order valence-electron chi connectivity index (χ1n) is 6.03. The van der Waals surface area contributed by atoms with Crippen LogP contribution in [-0.4, -0.2) is 37.2 Å². The third kappa shape index (κ3) is 2.16. The van der Waals surface area contributed by atoms with Crippen molar-refractivity contribution in [3.8, 4) is 11.5 Å². The molecular weight excluding hydrogens is 282 g/mol. The molecule has 0 bridgehead atoms. The summed E-state index contributed by atoms with van der Waals surface area (Å²) in [5, 5.41) is 0. The van der Waals surface area contributed by atoms with Crippen LogP contribution in [0, 0.1) is 0 Å². The van der Waals surface area contributed by atoms with Crippen LogP contribution in [0.15, 0.2) is 22.7 Å². The number of fused-ring (bicyclic) bond motifs is 1. The predicted octanol–water partition coefficient (Wildman–Crippen LogP) is 2.68. The summed E-state index contributed by atoms with van der Waals surface area (Å²) in [5.41, 5.74) is 0. The summed E-state index contributed by atoms with van der Waals surface area (Å²) in [7, 11) is 2.16. The highest BCUT2D eigenvalue weighted by Crippen LogP contribution is 2.36. The number of nitrogens with zero attached hydrogens (tertiary/aromatic N) is 1. The molecule has 0 radical (unpaired) electrons. The van der Waals surface area contributed by atoms with Gasteiger partial charge < -0.3 is 9.47 Å². The summed E-state index contributed by atoms with van der Waals surface area (Å²) < 4.78 is 12.9. The molecule has 0 aliphatic carbocycles. The lowest BCUT2D eigenvalue weighted by molar-refractivity contribution is 0.0368. The molecular formula is C13H16BrNO2. The molecule has 92 valence electrons. The Morgan fingerprint density at radius 3 is 3.00 bits per heavy atom. The lowest BCUT2D eigenvalue weighted by atomic mass is 10.1. The number of likely N-dealkylation sites (tertiary alicyclic amines) is 1. The normalized spacial score (nSPS) is 28.4. The molecule has 17 heavy (non-hydrogen) atoms. The van der Waals surface area contributed by atoms with Gasteiger partial charge in [-0.3, -0.25) is 4.90 Å². The summed E-state index contributed by atoms with van der Waals surface area (Å²) >= 11 is 3.46. The molecule has 0 amide bonds. The molecule has 0 spiro atoms. The van der Waals surface area contributed by atoms with Crippen molar-refractivity contribution < 1.29 is 9.47 Å². The lowest BCUT2D eigenvalue weighted by Crippen LogP contribution is -2.45. The first-order valence-corrected chi connectivity index (χ1v) is 6.82. The minimum absolute atomic E-state index is 0.157. The highest BCUT2D eigenvalue weighted by atomic mass is 79.9. The number of rotatable bonds is 1. The van der Waals surface area contributed by atoms with E-state index in [1.54, 1.807) is 0 Å². The fourth-order valence-corrected chi connectivity index (χ4v) is 3.00. The molecule has 2 heterocycles. The monoisotopic (exact) mass is 297 g/mol. The van der Waals surface area contributed by atoms with Gasteiger partial charge in [0.25, 0.3) is 0 Å². The number of hydrogen-bond acceptors (Lipinski definition) is 3. The van der Waals surface area contributed by atoms with Gasteiger partial charge in [-0.1, -0.05) is 15.9 Å². The van der Waals surface area contributed by atoms with Crippen LogP contribution < -0.4 is 9.47 Å². The van der Waals surface area contributed by atoms with E-state index in [1.807, 2.05) is 18.2 Å². The van der Waals surface area contributed by atoms with Crippen LogP contribution in [0.4, 0.5) is 0 Å². The average molecular weight is 298 g/mol. The van der Waals surface area contributed by atoms with Gasteiger partial charge in [0.15, 0.2) is 11.5 Å². The Morgan fingerprint density at radius 1 is 1.35 bits per heavy atom. The van der Waals surface area contributed by atoms with E-state index in [0.717, 1.165) is 22.5 Å². The maximum absolute atomic E-state index is 6.07. The Morgan fingerprint density at radius 2 is 2.24 bits per heavy atom. The van der Waals surface area contributed by atoms with Crippen LogP contribution in [0.2, 0.25) is 0 Å². The zero-order valence-electron chi connectivity index (χ0n) is 9.86. The smallest absolute Gasteiger partial charge is 0.163 e. The number of benzene rings is 1. The maximum atomic E-state index is 6.07. The lowest BCUT2D eigenvalue weighted by Gasteiger charge is -2.33. The van der Waals surface area contributed by atoms with Crippen molar-refractivity contribution >= 4 is 15.9 Å². The number of halogens is 1. The molecule has 1 fully saturated rings. The van der Waals surface area contributed by atoms with E-state index < -0.39 is 0 Å². The third-order valence-corrected chi connectivity index (χ3v) is 4.09. The van der Waals surface area contributed by atoms with E-state index in [0.29, 0.717) is 12.6 Å². The predicted molar refractivity (Wildman–Crippen MR) is 69.7 cm³/mol. The average Bonchev–Trinajstić information content (AvgIpc) is 2.74. The van der Waals surface area contributed by atoms with Gasteiger partial charge >= 0.3 is 0 Å². The summed E-state index contributed by atoms with van der Waals surface area (Å²) in [4.78, 5) is 2.37. The van der Waals surface area contributed by atoms with Gasteiger partial charge in [-0.2, -0.15) is 0 Å². The molecule has 2 atom stereocenters. The Bertz CT molecular complexity index is 424. The van der Waals surface area contributed by atoms with Gasteiger partial charge in [-0.25, -0.2) is 0 Å². The molecule has 0 aromatic heterocycles. The second kappa shape index (κ2) is 4.50. The minimum atomic E-state index is 0.157. The van der Waals surface area contributed by atoms with Crippen molar-refractivity contribution in [1.29, 1.82) is 0 Å². The summed E-state index contributed by atoms with van der Waals surface area (Å²) in [5.74, 6) is 1.71. The molecule has 2 aliphatic rings. The van der Waals surface area contributed by atoms with Crippen molar-refractivity contribution in [3.05, 3.63) is 22.7 Å². The number of ether oxygens (including phenoxy) is 2. The van der Waals surface area contributed by atoms with Crippen LogP contribution >= 0.6 is 15.9 Å². The van der Waals surface area contributed by atoms with Gasteiger partial charge in [0, 0.05) is 10.5 Å². The molecule has 3 nitrogen and oxygen atoms in total. The summed E-state index contributed by atoms with van der Waals surface area (Å²) in [6, 6.07) is 6.40. The topological polar surface area (TPSA) is 21.7 Å². The first kappa shape index (κ1) is 11.4. The summed E-state index contributed by atoms with van der Waals surface area (Å²) in [6.45, 7) is 1.82. The number of hydrogen-bond donors (Lipinski definition) is 0. The molecule has 0 unspecified atom stereocenters. The van der Waals surface area contributed by atoms with Gasteiger partial charge in [-0.15, -0.1) is 0 Å². The van der Waals surface area contributed by atoms with E-state index >= 15 is 0 Å². The van der Waals surface area contributed by atoms with Crippen LogP contribution in [-0.2, 0) is 0 Å². The van der Waals surface area contributed by atoms with Crippen molar-refractivity contribution in [2.45, 2.75) is 25.0 Å². The Labute approximate surface area is 110 Å². The molecule has 3 rings (SSSR count). The molecule has 1 saturated heterocycles. The largest absolute Gasteiger partial charge is 0.486 e. The third-order valence-electron chi connectivity index (χ3n) is 3.59. The molecule has 1 aromatic carbocycles.